The Labute approximate surface area is 248 Å². The molecule has 6 rings (SSSR count). The summed E-state index contributed by atoms with van der Waals surface area (Å²) in [6, 6.07) is 3.97. The molecule has 2 bridgehead atoms. The van der Waals surface area contributed by atoms with E-state index in [0.717, 1.165) is 0 Å². The van der Waals surface area contributed by atoms with E-state index in [1.807, 2.05) is 0 Å². The standard InChI is InChI=1S/C21H25N9O8P2S2/c22-18-16-20(26-7-25-18)30(8-27-16)21-14-4-9(35-21)6-34-39(32,41)38-17-12(5-13(17)36-40(33,42)37-14)28-11-3-1-2-10(19(23)31)15(11)29-24/h1-3,7-9,12-14,17,21,24,28H,4-6H2,(H2,23,31)(H,32,41)(H,33,42)(H2,22,25,26)/t9-,12+,13?,14+,17-,21+,39?,40?/m0/s1. The molecule has 4 heterocycles. The van der Waals surface area contributed by atoms with Gasteiger partial charge in [0.05, 0.1) is 42.4 Å². The van der Waals surface area contributed by atoms with Gasteiger partial charge in [0.25, 0.3) is 5.91 Å². The molecule has 3 aromatic rings. The first-order chi connectivity index (χ1) is 19.9. The molecule has 2 aliphatic heterocycles. The Bertz CT molecular complexity index is 1660. The van der Waals surface area contributed by atoms with Crippen molar-refractivity contribution in [2.24, 2.45) is 10.8 Å². The van der Waals surface area contributed by atoms with Gasteiger partial charge in [-0.15, -0.1) is 0 Å². The number of para-hydroxylation sites is 1. The summed E-state index contributed by atoms with van der Waals surface area (Å²) >= 11 is 8.35. The van der Waals surface area contributed by atoms with Crippen LogP contribution in [0.15, 0.2) is 36.0 Å². The van der Waals surface area contributed by atoms with Gasteiger partial charge in [0, 0.05) is 6.42 Å². The van der Waals surface area contributed by atoms with Crippen molar-refractivity contribution in [2.45, 2.75) is 49.5 Å². The summed E-state index contributed by atoms with van der Waals surface area (Å²) in [5.74, 6) is -0.599. The lowest BCUT2D eigenvalue weighted by Crippen LogP contribution is -2.56. The lowest BCUT2D eigenvalue weighted by Gasteiger charge is -2.45. The van der Waals surface area contributed by atoms with Gasteiger partial charge in [-0.25, -0.2) is 29.6 Å². The number of amides is 1. The van der Waals surface area contributed by atoms with Crippen molar-refractivity contribution in [3.63, 3.8) is 0 Å². The van der Waals surface area contributed by atoms with Crippen molar-refractivity contribution in [1.82, 2.24) is 19.5 Å². The Balaban J connectivity index is 1.26. The van der Waals surface area contributed by atoms with Gasteiger partial charge >= 0.3 is 13.6 Å². The molecule has 17 nitrogen and oxygen atoms in total. The van der Waals surface area contributed by atoms with Crippen LogP contribution in [-0.4, -0.2) is 62.5 Å². The van der Waals surface area contributed by atoms with Crippen molar-refractivity contribution < 1.29 is 36.8 Å². The second-order valence-corrected chi connectivity index (χ2v) is 15.4. The number of hydrogen-bond acceptors (Lipinski definition) is 15. The van der Waals surface area contributed by atoms with Gasteiger partial charge in [0.15, 0.2) is 17.7 Å². The van der Waals surface area contributed by atoms with Gasteiger partial charge in [-0.2, -0.15) is 5.11 Å². The molecule has 1 aromatic carbocycles. The molecule has 1 saturated carbocycles. The Morgan fingerprint density at radius 1 is 1.12 bits per heavy atom. The highest BCUT2D eigenvalue weighted by molar-refractivity contribution is 8.44. The molecule has 0 radical (unpaired) electrons. The van der Waals surface area contributed by atoms with E-state index in [0.29, 0.717) is 16.9 Å². The number of anilines is 2. The van der Waals surface area contributed by atoms with E-state index >= 15 is 0 Å². The van der Waals surface area contributed by atoms with Crippen LogP contribution >= 0.6 is 38.1 Å². The number of carbonyl (C=O) groups excluding carboxylic acids is 1. The molecule has 8 atom stereocenters. The van der Waals surface area contributed by atoms with Crippen LogP contribution < -0.4 is 16.8 Å². The Morgan fingerprint density at radius 2 is 1.90 bits per heavy atom. The predicted molar refractivity (Wildman–Crippen MR) is 154 cm³/mol. The van der Waals surface area contributed by atoms with Gasteiger partial charge in [-0.3, -0.25) is 27.5 Å². The number of imidazole rings is 1. The average Bonchev–Trinajstić information content (AvgIpc) is 3.53. The number of primary amides is 1. The second kappa shape index (κ2) is 11.2. The van der Waals surface area contributed by atoms with Crippen LogP contribution in [0.5, 0.6) is 0 Å². The lowest BCUT2D eigenvalue weighted by molar-refractivity contribution is -0.0466. The molecule has 2 aromatic heterocycles. The van der Waals surface area contributed by atoms with Gasteiger partial charge in [0.1, 0.15) is 29.7 Å². The molecular weight excluding hydrogens is 632 g/mol. The maximum Gasteiger partial charge on any atom is 0.386 e. The summed E-state index contributed by atoms with van der Waals surface area (Å²) in [5.41, 5.74) is 19.9. The van der Waals surface area contributed by atoms with Crippen LogP contribution in [-0.2, 0) is 32.0 Å². The van der Waals surface area contributed by atoms with Crippen LogP contribution in [0.2, 0.25) is 0 Å². The number of ether oxygens (including phenoxy) is 1. The minimum absolute atomic E-state index is 0.00912. The van der Waals surface area contributed by atoms with E-state index in [4.69, 9.17) is 39.8 Å². The molecule has 21 heteroatoms. The van der Waals surface area contributed by atoms with Gasteiger partial charge < -0.3 is 21.5 Å². The second-order valence-electron chi connectivity index (χ2n) is 9.72. The number of nitrogen functional groups attached to an aromatic ring is 1. The quantitative estimate of drug-likeness (QED) is 0.131. The maximum absolute atomic E-state index is 13.5. The zero-order valence-corrected chi connectivity index (χ0v) is 25.0. The Hall–Kier alpha value is -2.60. The number of thiol groups is 2. The van der Waals surface area contributed by atoms with Crippen molar-refractivity contribution in [3.05, 3.63) is 36.4 Å². The summed E-state index contributed by atoms with van der Waals surface area (Å²) in [6.45, 7) is -8.29. The molecule has 3 fully saturated rings. The van der Waals surface area contributed by atoms with E-state index in [2.05, 4.69) is 49.9 Å². The Kier molecular flexibility index (Phi) is 7.83. The molecule has 2 saturated heterocycles. The van der Waals surface area contributed by atoms with Crippen molar-refractivity contribution in [2.75, 3.05) is 17.7 Å². The molecule has 3 unspecified atom stereocenters. The van der Waals surface area contributed by atoms with Crippen molar-refractivity contribution >= 4 is 72.4 Å². The molecule has 1 amide bonds. The minimum Gasteiger partial charge on any atom is -0.382 e. The van der Waals surface area contributed by atoms with Crippen LogP contribution in [0.4, 0.5) is 17.2 Å². The molecule has 224 valence electrons. The summed E-state index contributed by atoms with van der Waals surface area (Å²) in [7, 11) is 0. The highest BCUT2D eigenvalue weighted by Crippen LogP contribution is 2.63. The van der Waals surface area contributed by atoms with E-state index in [1.165, 1.54) is 18.7 Å². The number of aromatic nitrogens is 4. The zero-order valence-electron chi connectivity index (χ0n) is 21.4. The number of carbonyl (C=O) groups is 1. The van der Waals surface area contributed by atoms with Crippen LogP contribution in [0.25, 0.3) is 11.2 Å². The minimum atomic E-state index is -4.07. The smallest absolute Gasteiger partial charge is 0.382 e. The number of nitrogens with one attached hydrogen (secondary N) is 2. The number of benzene rings is 1. The molecule has 1 aliphatic carbocycles. The summed E-state index contributed by atoms with van der Waals surface area (Å²) in [6.07, 6.45) is -1.30. The first-order valence-electron chi connectivity index (χ1n) is 12.5. The summed E-state index contributed by atoms with van der Waals surface area (Å²) in [5, 5.41) is 6.52. The van der Waals surface area contributed by atoms with Crippen LogP contribution in [0, 0.1) is 5.53 Å². The van der Waals surface area contributed by atoms with Crippen LogP contribution in [0.1, 0.15) is 29.4 Å². The normalized spacial score (nSPS) is 34.9. The summed E-state index contributed by atoms with van der Waals surface area (Å²) in [4.78, 5) is 24.2. The Morgan fingerprint density at radius 3 is 2.67 bits per heavy atom. The highest BCUT2D eigenvalue weighted by Gasteiger charge is 2.52. The van der Waals surface area contributed by atoms with Gasteiger partial charge in [-0.05, 0) is 18.6 Å². The third-order valence-electron chi connectivity index (χ3n) is 7.03. The van der Waals surface area contributed by atoms with Crippen LogP contribution in [0.3, 0.4) is 0 Å². The zero-order chi connectivity index (χ0) is 29.8. The van der Waals surface area contributed by atoms with Crippen molar-refractivity contribution in [3.8, 4) is 0 Å². The fourth-order valence-corrected chi connectivity index (χ4v) is 8.48. The molecule has 3 aliphatic rings. The maximum atomic E-state index is 13.5. The van der Waals surface area contributed by atoms with E-state index < -0.39 is 56.2 Å². The fraction of sp³-hybridized carbons (Fsp3) is 0.429. The number of rotatable bonds is 5. The molecule has 6 N–H and O–H groups in total. The summed E-state index contributed by atoms with van der Waals surface area (Å²) < 4.78 is 57.5. The topological polar surface area (TPSA) is 241 Å². The SMILES string of the molecule is N=Nc1c(N[C@@H]2CC3OP(=O)(S)O[C@@H]4C[C@@H](COP(=O)(S)O[C@H]32)O[C@H]4n2cnc3c(N)ncnc32)cccc1C(N)=O. The van der Waals surface area contributed by atoms with Gasteiger partial charge in [-0.1, -0.05) is 30.6 Å². The highest BCUT2D eigenvalue weighted by atomic mass is 32.7. The first kappa shape index (κ1) is 29.5. The van der Waals surface area contributed by atoms with Gasteiger partial charge in [0.2, 0.25) is 0 Å². The third-order valence-corrected chi connectivity index (χ3v) is 10.3. The molecule has 42 heavy (non-hydrogen) atoms. The monoisotopic (exact) mass is 657 g/mol. The van der Waals surface area contributed by atoms with E-state index in [9.17, 15) is 13.9 Å². The largest absolute Gasteiger partial charge is 0.386 e. The fourth-order valence-electron chi connectivity index (χ4n) is 5.09. The number of nitrogens with two attached hydrogens (primary N) is 2. The van der Waals surface area contributed by atoms with E-state index in [1.54, 1.807) is 16.7 Å². The number of nitrogens with zero attached hydrogens (tertiary/aromatic N) is 5. The predicted octanol–water partition coefficient (Wildman–Crippen LogP) is 3.60. The lowest BCUT2D eigenvalue weighted by atomic mass is 9.85. The van der Waals surface area contributed by atoms with E-state index in [-0.39, 0.29) is 36.5 Å². The first-order valence-corrected chi connectivity index (χ1v) is 17.8. The molecule has 0 spiro atoms. The number of hydrogen-bond donors (Lipinski definition) is 6. The molecular formula is C21H25N9O8P2S2. The number of fused-ring (bicyclic) bond motifs is 4. The third kappa shape index (κ3) is 5.68. The van der Waals surface area contributed by atoms with Crippen molar-refractivity contribution in [1.29, 1.82) is 5.53 Å². The average molecular weight is 658 g/mol.